The second-order valence-electron chi connectivity index (χ2n) is 5.95. The highest BCUT2D eigenvalue weighted by Gasteiger charge is 2.28. The number of carbonyl (C=O) groups excluding carboxylic acids is 2. The van der Waals surface area contributed by atoms with E-state index in [4.69, 9.17) is 10.5 Å². The van der Waals surface area contributed by atoms with Gasteiger partial charge in [-0.3, -0.25) is 14.8 Å². The molecule has 1 unspecified atom stereocenters. The van der Waals surface area contributed by atoms with Crippen molar-refractivity contribution in [1.29, 1.82) is 0 Å². The van der Waals surface area contributed by atoms with Gasteiger partial charge >= 0.3 is 6.03 Å². The number of aryl methyl sites for hydroxylation is 1. The molecule has 1 saturated heterocycles. The fourth-order valence-electron chi connectivity index (χ4n) is 2.86. The number of aromatic nitrogens is 2. The van der Waals surface area contributed by atoms with E-state index in [0.717, 1.165) is 16.8 Å². The molecule has 1 fully saturated rings. The van der Waals surface area contributed by atoms with E-state index >= 15 is 0 Å². The molecule has 0 aliphatic carbocycles. The summed E-state index contributed by atoms with van der Waals surface area (Å²) in [6.45, 7) is 2.73. The van der Waals surface area contributed by atoms with Crippen LogP contribution in [0.25, 0.3) is 11.3 Å². The molecule has 8 nitrogen and oxygen atoms in total. The van der Waals surface area contributed by atoms with Gasteiger partial charge in [0.05, 0.1) is 18.8 Å². The lowest BCUT2D eigenvalue weighted by molar-refractivity contribution is -0.133. The molecular formula is C17H21N5O3. The van der Waals surface area contributed by atoms with Crippen LogP contribution in [0.3, 0.4) is 0 Å². The molecule has 3 rings (SSSR count). The van der Waals surface area contributed by atoms with Crippen molar-refractivity contribution in [3.05, 3.63) is 35.9 Å². The second kappa shape index (κ2) is 6.94. The maximum absolute atomic E-state index is 12.6. The number of nitrogens with one attached hydrogen (secondary N) is 1. The molecule has 132 valence electrons. The van der Waals surface area contributed by atoms with Gasteiger partial charge in [-0.2, -0.15) is 5.10 Å². The lowest BCUT2D eigenvalue weighted by atomic mass is 10.1. The smallest absolute Gasteiger partial charge is 0.323 e. The summed E-state index contributed by atoms with van der Waals surface area (Å²) in [6, 6.07) is 9.47. The Morgan fingerprint density at radius 3 is 2.72 bits per heavy atom. The minimum atomic E-state index is -0.771. The first-order valence-corrected chi connectivity index (χ1v) is 8.03. The second-order valence-corrected chi connectivity index (χ2v) is 5.95. The molecule has 2 aromatic rings. The normalized spacial score (nSPS) is 17.4. The van der Waals surface area contributed by atoms with Crippen molar-refractivity contribution in [3.63, 3.8) is 0 Å². The number of nitrogens with zero attached hydrogens (tertiary/aromatic N) is 3. The van der Waals surface area contributed by atoms with Gasteiger partial charge in [-0.25, -0.2) is 4.79 Å². The first kappa shape index (κ1) is 17.0. The van der Waals surface area contributed by atoms with Crippen LogP contribution in [0.5, 0.6) is 0 Å². The number of nitrogens with two attached hydrogens (primary N) is 1. The number of amides is 3. The Labute approximate surface area is 145 Å². The summed E-state index contributed by atoms with van der Waals surface area (Å²) in [5, 5.41) is 7.38. The Bertz CT molecular complexity index is 787. The summed E-state index contributed by atoms with van der Waals surface area (Å²) in [5.74, 6) is 0.0477. The van der Waals surface area contributed by atoms with Gasteiger partial charge in [0.2, 0.25) is 5.91 Å². The molecule has 1 aliphatic rings. The van der Waals surface area contributed by atoms with Gasteiger partial charge in [0.1, 0.15) is 5.82 Å². The third kappa shape index (κ3) is 3.48. The topological polar surface area (TPSA) is 102 Å². The van der Waals surface area contributed by atoms with Crippen molar-refractivity contribution < 1.29 is 14.3 Å². The number of hydrogen-bond acceptors (Lipinski definition) is 4. The molecule has 1 aliphatic heterocycles. The Morgan fingerprint density at radius 1 is 1.32 bits per heavy atom. The van der Waals surface area contributed by atoms with Gasteiger partial charge in [0.15, 0.2) is 6.10 Å². The quantitative estimate of drug-likeness (QED) is 0.871. The average Bonchev–Trinajstić information content (AvgIpc) is 2.90. The van der Waals surface area contributed by atoms with Crippen LogP contribution < -0.4 is 11.1 Å². The maximum Gasteiger partial charge on any atom is 0.323 e. The van der Waals surface area contributed by atoms with Crippen LogP contribution in [0.2, 0.25) is 0 Å². The van der Waals surface area contributed by atoms with Crippen molar-refractivity contribution >= 4 is 17.8 Å². The highest BCUT2D eigenvalue weighted by atomic mass is 16.5. The Hall–Kier alpha value is -2.87. The van der Waals surface area contributed by atoms with Crippen LogP contribution in [0.1, 0.15) is 5.56 Å². The molecule has 1 aromatic carbocycles. The molecule has 8 heteroatoms. The van der Waals surface area contributed by atoms with Crippen LogP contribution in [0, 0.1) is 6.92 Å². The van der Waals surface area contributed by atoms with Crippen molar-refractivity contribution in [2.75, 3.05) is 25.0 Å². The molecule has 2 heterocycles. The molecular weight excluding hydrogens is 322 g/mol. The molecule has 1 aromatic heterocycles. The zero-order valence-electron chi connectivity index (χ0n) is 14.2. The zero-order chi connectivity index (χ0) is 18.0. The van der Waals surface area contributed by atoms with Crippen molar-refractivity contribution in [2.24, 2.45) is 12.8 Å². The third-order valence-corrected chi connectivity index (χ3v) is 4.23. The van der Waals surface area contributed by atoms with Crippen molar-refractivity contribution in [1.82, 2.24) is 14.7 Å². The predicted molar refractivity (Wildman–Crippen MR) is 92.9 cm³/mol. The van der Waals surface area contributed by atoms with Crippen LogP contribution in [-0.4, -0.2) is 52.4 Å². The van der Waals surface area contributed by atoms with Gasteiger partial charge in [-0.15, -0.1) is 0 Å². The zero-order valence-corrected chi connectivity index (χ0v) is 14.2. The number of anilines is 1. The summed E-state index contributed by atoms with van der Waals surface area (Å²) in [7, 11) is 1.78. The van der Waals surface area contributed by atoms with Gasteiger partial charge < -0.3 is 15.4 Å². The number of morpholine rings is 1. The van der Waals surface area contributed by atoms with Gasteiger partial charge in [0.25, 0.3) is 0 Å². The number of ether oxygens (including phenoxy) is 1. The number of benzene rings is 1. The molecule has 1 atom stereocenters. The first-order valence-electron chi connectivity index (χ1n) is 8.03. The highest BCUT2D eigenvalue weighted by molar-refractivity contribution is 5.91. The van der Waals surface area contributed by atoms with Gasteiger partial charge in [-0.1, -0.05) is 30.3 Å². The summed E-state index contributed by atoms with van der Waals surface area (Å²) in [6.07, 6.45) is -0.771. The summed E-state index contributed by atoms with van der Waals surface area (Å²) in [5.41, 5.74) is 7.94. The molecule has 0 spiro atoms. The lowest BCUT2D eigenvalue weighted by Crippen LogP contribution is -2.51. The van der Waals surface area contributed by atoms with E-state index in [9.17, 15) is 9.59 Å². The fourth-order valence-corrected chi connectivity index (χ4v) is 2.86. The molecule has 3 amide bonds. The van der Waals surface area contributed by atoms with E-state index in [2.05, 4.69) is 10.4 Å². The van der Waals surface area contributed by atoms with E-state index in [-0.39, 0.29) is 19.2 Å². The van der Waals surface area contributed by atoms with Crippen LogP contribution in [-0.2, 0) is 16.6 Å². The Balaban J connectivity index is 1.78. The van der Waals surface area contributed by atoms with E-state index in [1.54, 1.807) is 11.7 Å². The van der Waals surface area contributed by atoms with Crippen LogP contribution >= 0.6 is 0 Å². The third-order valence-electron chi connectivity index (χ3n) is 4.23. The fraction of sp³-hybridized carbons (Fsp3) is 0.353. The van der Waals surface area contributed by atoms with Crippen molar-refractivity contribution in [2.45, 2.75) is 13.0 Å². The summed E-state index contributed by atoms with van der Waals surface area (Å²) in [4.78, 5) is 25.3. The minimum absolute atomic E-state index is 0.142. The number of carbonyl (C=O) groups is 2. The van der Waals surface area contributed by atoms with Crippen LogP contribution in [0.4, 0.5) is 10.6 Å². The summed E-state index contributed by atoms with van der Waals surface area (Å²) < 4.78 is 6.91. The summed E-state index contributed by atoms with van der Waals surface area (Å²) >= 11 is 0. The highest BCUT2D eigenvalue weighted by Crippen LogP contribution is 2.27. The number of hydrogen-bond donors (Lipinski definition) is 2. The Kier molecular flexibility index (Phi) is 4.71. The van der Waals surface area contributed by atoms with E-state index in [0.29, 0.717) is 12.4 Å². The molecule has 0 radical (unpaired) electrons. The molecule has 0 saturated carbocycles. The molecule has 0 bridgehead atoms. The molecule has 25 heavy (non-hydrogen) atoms. The predicted octanol–water partition coefficient (Wildman–Crippen LogP) is 1.11. The monoisotopic (exact) mass is 343 g/mol. The first-order chi connectivity index (χ1) is 12.0. The Morgan fingerprint density at radius 2 is 2.04 bits per heavy atom. The van der Waals surface area contributed by atoms with E-state index < -0.39 is 12.0 Å². The standard InChI is InChI=1S/C17H21N5O3/c1-11-14(12-6-4-3-5-7-12)20-21(2)16(11)19-17(24)22-8-9-25-13(10-22)15(18)23/h3-7,13H,8-10H2,1-2H3,(H2,18,23)(H,19,24). The van der Waals surface area contributed by atoms with Gasteiger partial charge in [0, 0.05) is 24.7 Å². The SMILES string of the molecule is Cc1c(-c2ccccc2)nn(C)c1NC(=O)N1CCOC(C(N)=O)C1. The minimum Gasteiger partial charge on any atom is -0.367 e. The molecule has 3 N–H and O–H groups in total. The number of primary amides is 1. The average molecular weight is 343 g/mol. The number of rotatable bonds is 3. The lowest BCUT2D eigenvalue weighted by Gasteiger charge is -2.31. The number of urea groups is 1. The maximum atomic E-state index is 12.6. The van der Waals surface area contributed by atoms with Crippen molar-refractivity contribution in [3.8, 4) is 11.3 Å². The van der Waals surface area contributed by atoms with Gasteiger partial charge in [-0.05, 0) is 6.92 Å². The van der Waals surface area contributed by atoms with E-state index in [1.165, 1.54) is 4.90 Å². The van der Waals surface area contributed by atoms with Crippen LogP contribution in [0.15, 0.2) is 30.3 Å². The largest absolute Gasteiger partial charge is 0.367 e. The van der Waals surface area contributed by atoms with E-state index in [1.807, 2.05) is 37.3 Å².